The van der Waals surface area contributed by atoms with Crippen molar-refractivity contribution < 1.29 is 9.59 Å². The van der Waals surface area contributed by atoms with E-state index in [1.54, 1.807) is 24.3 Å². The molecule has 5 nitrogen and oxygen atoms in total. The van der Waals surface area contributed by atoms with Gasteiger partial charge in [0, 0.05) is 23.7 Å². The summed E-state index contributed by atoms with van der Waals surface area (Å²) in [6.45, 7) is 1.51. The van der Waals surface area contributed by atoms with Crippen molar-refractivity contribution in [2.75, 3.05) is 25.5 Å². The SMILES string of the molecule is CNCCCNC(=O)c1cccc(NC(=O)C2CC2)c1.Cl. The van der Waals surface area contributed by atoms with Crippen LogP contribution in [0, 0.1) is 5.92 Å². The van der Waals surface area contributed by atoms with Gasteiger partial charge in [0.05, 0.1) is 0 Å². The summed E-state index contributed by atoms with van der Waals surface area (Å²) in [7, 11) is 1.88. The molecule has 1 aliphatic carbocycles. The summed E-state index contributed by atoms with van der Waals surface area (Å²) in [5.41, 5.74) is 1.26. The quantitative estimate of drug-likeness (QED) is 0.672. The summed E-state index contributed by atoms with van der Waals surface area (Å²) in [5.74, 6) is 0.106. The van der Waals surface area contributed by atoms with E-state index >= 15 is 0 Å². The van der Waals surface area contributed by atoms with Crippen LogP contribution in [0.1, 0.15) is 29.6 Å². The topological polar surface area (TPSA) is 70.2 Å². The number of anilines is 1. The molecule has 0 unspecified atom stereocenters. The number of halogens is 1. The summed E-state index contributed by atoms with van der Waals surface area (Å²) in [6, 6.07) is 7.05. The first-order valence-electron chi connectivity index (χ1n) is 7.04. The first-order valence-corrected chi connectivity index (χ1v) is 7.04. The molecule has 1 aromatic carbocycles. The number of carbonyl (C=O) groups is 2. The Morgan fingerprint density at radius 2 is 2.00 bits per heavy atom. The van der Waals surface area contributed by atoms with E-state index in [1.165, 1.54) is 0 Å². The van der Waals surface area contributed by atoms with Gasteiger partial charge in [0.1, 0.15) is 0 Å². The number of hydrogen-bond donors (Lipinski definition) is 3. The van der Waals surface area contributed by atoms with Crippen molar-refractivity contribution in [3.05, 3.63) is 29.8 Å². The minimum absolute atomic E-state index is 0. The zero-order valence-corrected chi connectivity index (χ0v) is 13.0. The maximum absolute atomic E-state index is 11.9. The molecular weight excluding hydrogens is 290 g/mol. The highest BCUT2D eigenvalue weighted by Crippen LogP contribution is 2.30. The molecule has 0 heterocycles. The highest BCUT2D eigenvalue weighted by molar-refractivity contribution is 5.98. The number of benzene rings is 1. The van der Waals surface area contributed by atoms with E-state index in [0.717, 1.165) is 25.8 Å². The summed E-state index contributed by atoms with van der Waals surface area (Å²) in [6.07, 6.45) is 2.83. The Morgan fingerprint density at radius 3 is 2.67 bits per heavy atom. The largest absolute Gasteiger partial charge is 0.352 e. The average Bonchev–Trinajstić information content (AvgIpc) is 3.28. The second kappa shape index (κ2) is 8.64. The van der Waals surface area contributed by atoms with Gasteiger partial charge in [-0.05, 0) is 51.1 Å². The molecule has 1 aliphatic rings. The predicted octanol–water partition coefficient (Wildman–Crippen LogP) is 1.80. The summed E-state index contributed by atoms with van der Waals surface area (Å²) in [4.78, 5) is 23.6. The molecule has 0 aliphatic heterocycles. The Hall–Kier alpha value is -1.59. The lowest BCUT2D eigenvalue weighted by Gasteiger charge is -2.08. The maximum Gasteiger partial charge on any atom is 0.251 e. The fourth-order valence-corrected chi connectivity index (χ4v) is 1.90. The first kappa shape index (κ1) is 17.5. The Balaban J connectivity index is 0.00000220. The molecule has 2 rings (SSSR count). The fraction of sp³-hybridized carbons (Fsp3) is 0.467. The van der Waals surface area contributed by atoms with E-state index < -0.39 is 0 Å². The number of hydrogen-bond acceptors (Lipinski definition) is 3. The minimum Gasteiger partial charge on any atom is -0.352 e. The van der Waals surface area contributed by atoms with Gasteiger partial charge in [-0.2, -0.15) is 0 Å². The molecule has 116 valence electrons. The van der Waals surface area contributed by atoms with Crippen LogP contribution in [0.4, 0.5) is 5.69 Å². The minimum atomic E-state index is -0.108. The number of carbonyl (C=O) groups excluding carboxylic acids is 2. The normalized spacial score (nSPS) is 13.2. The van der Waals surface area contributed by atoms with Crippen molar-refractivity contribution in [2.24, 2.45) is 5.92 Å². The molecule has 6 heteroatoms. The Morgan fingerprint density at radius 1 is 1.24 bits per heavy atom. The third kappa shape index (κ3) is 5.73. The van der Waals surface area contributed by atoms with Crippen LogP contribution in [0.25, 0.3) is 0 Å². The summed E-state index contributed by atoms with van der Waals surface area (Å²) < 4.78 is 0. The van der Waals surface area contributed by atoms with Gasteiger partial charge < -0.3 is 16.0 Å². The Labute approximate surface area is 131 Å². The third-order valence-corrected chi connectivity index (χ3v) is 3.23. The van der Waals surface area contributed by atoms with Crippen LogP contribution in [0.3, 0.4) is 0 Å². The zero-order valence-electron chi connectivity index (χ0n) is 12.1. The molecule has 0 radical (unpaired) electrons. The Bertz CT molecular complexity index is 490. The van der Waals surface area contributed by atoms with Crippen molar-refractivity contribution in [1.82, 2.24) is 10.6 Å². The van der Waals surface area contributed by atoms with E-state index in [0.29, 0.717) is 17.8 Å². The number of rotatable bonds is 7. The van der Waals surface area contributed by atoms with Gasteiger partial charge in [0.25, 0.3) is 5.91 Å². The zero-order chi connectivity index (χ0) is 14.4. The molecule has 2 amide bonds. The van der Waals surface area contributed by atoms with Crippen LogP contribution in [-0.2, 0) is 4.79 Å². The highest BCUT2D eigenvalue weighted by Gasteiger charge is 2.29. The van der Waals surface area contributed by atoms with Crippen molar-refractivity contribution in [3.63, 3.8) is 0 Å². The van der Waals surface area contributed by atoms with Crippen LogP contribution >= 0.6 is 12.4 Å². The van der Waals surface area contributed by atoms with E-state index in [2.05, 4.69) is 16.0 Å². The second-order valence-electron chi connectivity index (χ2n) is 5.06. The number of nitrogens with one attached hydrogen (secondary N) is 3. The lowest BCUT2D eigenvalue weighted by molar-refractivity contribution is -0.117. The molecule has 21 heavy (non-hydrogen) atoms. The Kier molecular flexibility index (Phi) is 7.19. The van der Waals surface area contributed by atoms with Crippen LogP contribution in [0.2, 0.25) is 0 Å². The molecular formula is C15H22ClN3O2. The van der Waals surface area contributed by atoms with Crippen LogP contribution < -0.4 is 16.0 Å². The molecule has 1 saturated carbocycles. The molecule has 0 spiro atoms. The first-order chi connectivity index (χ1) is 9.70. The summed E-state index contributed by atoms with van der Waals surface area (Å²) in [5, 5.41) is 8.73. The standard InChI is InChI=1S/C15H21N3O2.ClH/c1-16-8-3-9-17-14(19)12-4-2-5-13(10-12)18-15(20)11-6-7-11;/h2,4-5,10-11,16H,3,6-9H2,1H3,(H,17,19)(H,18,20);1H. The van der Waals surface area contributed by atoms with E-state index in [4.69, 9.17) is 0 Å². The smallest absolute Gasteiger partial charge is 0.251 e. The van der Waals surface area contributed by atoms with Crippen LogP contribution in [-0.4, -0.2) is 32.0 Å². The molecule has 3 N–H and O–H groups in total. The fourth-order valence-electron chi connectivity index (χ4n) is 1.90. The van der Waals surface area contributed by atoms with Crippen molar-refractivity contribution in [3.8, 4) is 0 Å². The molecule has 1 aromatic rings. The molecule has 0 aromatic heterocycles. The van der Waals surface area contributed by atoms with Gasteiger partial charge in [0.15, 0.2) is 0 Å². The van der Waals surface area contributed by atoms with Gasteiger partial charge in [-0.25, -0.2) is 0 Å². The van der Waals surface area contributed by atoms with Gasteiger partial charge in [-0.1, -0.05) is 6.07 Å². The summed E-state index contributed by atoms with van der Waals surface area (Å²) >= 11 is 0. The van der Waals surface area contributed by atoms with Crippen molar-refractivity contribution in [2.45, 2.75) is 19.3 Å². The second-order valence-corrected chi connectivity index (χ2v) is 5.06. The van der Waals surface area contributed by atoms with E-state index in [9.17, 15) is 9.59 Å². The highest BCUT2D eigenvalue weighted by atomic mass is 35.5. The molecule has 0 atom stereocenters. The molecule has 0 saturated heterocycles. The van der Waals surface area contributed by atoms with Gasteiger partial charge in [-0.15, -0.1) is 12.4 Å². The third-order valence-electron chi connectivity index (χ3n) is 3.23. The average molecular weight is 312 g/mol. The predicted molar refractivity (Wildman–Crippen MR) is 85.9 cm³/mol. The van der Waals surface area contributed by atoms with Crippen molar-refractivity contribution >= 4 is 29.9 Å². The van der Waals surface area contributed by atoms with Crippen LogP contribution in [0.5, 0.6) is 0 Å². The maximum atomic E-state index is 11.9. The van der Waals surface area contributed by atoms with Crippen molar-refractivity contribution in [1.29, 1.82) is 0 Å². The van der Waals surface area contributed by atoms with Gasteiger partial charge in [0.2, 0.25) is 5.91 Å². The lowest BCUT2D eigenvalue weighted by atomic mass is 10.2. The van der Waals surface area contributed by atoms with Gasteiger partial charge in [-0.3, -0.25) is 9.59 Å². The van der Waals surface area contributed by atoms with E-state index in [-0.39, 0.29) is 30.1 Å². The lowest BCUT2D eigenvalue weighted by Crippen LogP contribution is -2.26. The van der Waals surface area contributed by atoms with E-state index in [1.807, 2.05) is 7.05 Å². The monoisotopic (exact) mass is 311 g/mol. The molecule has 1 fully saturated rings. The van der Waals surface area contributed by atoms with Gasteiger partial charge >= 0.3 is 0 Å². The van der Waals surface area contributed by atoms with Crippen LogP contribution in [0.15, 0.2) is 24.3 Å². The number of amides is 2. The molecule has 0 bridgehead atoms.